The van der Waals surface area contributed by atoms with Gasteiger partial charge in [-0.15, -0.1) is 23.5 Å². The summed E-state index contributed by atoms with van der Waals surface area (Å²) >= 11 is 3.84. The standard InChI is InChI=1S/C9H14S2/c1-4-8(10-3)9-6-5-7(2)11-9/h4,6-7H,5H2,1-3H3/b8-4-. The zero-order valence-corrected chi connectivity index (χ0v) is 8.89. The molecule has 1 aliphatic rings. The van der Waals surface area contributed by atoms with E-state index in [-0.39, 0.29) is 0 Å². The van der Waals surface area contributed by atoms with E-state index in [1.54, 1.807) is 0 Å². The van der Waals surface area contributed by atoms with E-state index < -0.39 is 0 Å². The Morgan fingerprint density at radius 1 is 1.82 bits per heavy atom. The van der Waals surface area contributed by atoms with Crippen molar-refractivity contribution in [2.45, 2.75) is 25.5 Å². The van der Waals surface area contributed by atoms with E-state index in [1.807, 2.05) is 23.5 Å². The van der Waals surface area contributed by atoms with Gasteiger partial charge in [0.25, 0.3) is 0 Å². The first-order valence-electron chi connectivity index (χ1n) is 3.85. The third-order valence-electron chi connectivity index (χ3n) is 1.69. The second kappa shape index (κ2) is 4.27. The minimum absolute atomic E-state index is 0.784. The lowest BCUT2D eigenvalue weighted by atomic mass is 10.3. The van der Waals surface area contributed by atoms with Gasteiger partial charge in [0.15, 0.2) is 0 Å². The van der Waals surface area contributed by atoms with Crippen molar-refractivity contribution < 1.29 is 0 Å². The molecule has 0 aromatic heterocycles. The summed E-state index contributed by atoms with van der Waals surface area (Å²) in [7, 11) is 0. The van der Waals surface area contributed by atoms with Crippen molar-refractivity contribution in [1.29, 1.82) is 0 Å². The number of hydrogen-bond acceptors (Lipinski definition) is 2. The molecule has 1 unspecified atom stereocenters. The van der Waals surface area contributed by atoms with Gasteiger partial charge in [0.1, 0.15) is 0 Å². The van der Waals surface area contributed by atoms with E-state index in [0.29, 0.717) is 0 Å². The van der Waals surface area contributed by atoms with Gasteiger partial charge in [-0.2, -0.15) is 0 Å². The molecule has 0 aromatic rings. The molecule has 0 spiro atoms. The van der Waals surface area contributed by atoms with Crippen LogP contribution in [0.2, 0.25) is 0 Å². The Kier molecular flexibility index (Phi) is 3.60. The average molecular weight is 186 g/mol. The minimum Gasteiger partial charge on any atom is -0.129 e. The molecule has 1 atom stereocenters. The molecule has 0 fully saturated rings. The van der Waals surface area contributed by atoms with Crippen molar-refractivity contribution in [3.63, 3.8) is 0 Å². The Morgan fingerprint density at radius 2 is 2.55 bits per heavy atom. The normalized spacial score (nSPS) is 25.5. The van der Waals surface area contributed by atoms with Crippen LogP contribution in [0.25, 0.3) is 0 Å². The van der Waals surface area contributed by atoms with E-state index in [1.165, 1.54) is 16.2 Å². The van der Waals surface area contributed by atoms with Crippen LogP contribution < -0.4 is 0 Å². The molecule has 0 nitrogen and oxygen atoms in total. The maximum absolute atomic E-state index is 2.35. The Labute approximate surface area is 77.5 Å². The number of hydrogen-bond donors (Lipinski definition) is 0. The van der Waals surface area contributed by atoms with Gasteiger partial charge in [0, 0.05) is 15.1 Å². The lowest BCUT2D eigenvalue weighted by molar-refractivity contribution is 1.00. The number of rotatable bonds is 2. The van der Waals surface area contributed by atoms with Crippen LogP contribution in [0.1, 0.15) is 20.3 Å². The second-order valence-corrected chi connectivity index (χ2v) is 4.92. The van der Waals surface area contributed by atoms with Crippen LogP contribution in [-0.2, 0) is 0 Å². The van der Waals surface area contributed by atoms with E-state index >= 15 is 0 Å². The van der Waals surface area contributed by atoms with Crippen molar-refractivity contribution in [2.75, 3.05) is 6.26 Å². The molecule has 0 radical (unpaired) electrons. The topological polar surface area (TPSA) is 0 Å². The average Bonchev–Trinajstić information content (AvgIpc) is 2.39. The third-order valence-corrected chi connectivity index (χ3v) is 3.95. The van der Waals surface area contributed by atoms with Gasteiger partial charge in [0.05, 0.1) is 0 Å². The largest absolute Gasteiger partial charge is 0.129 e. The lowest BCUT2D eigenvalue weighted by Crippen LogP contribution is -1.85. The van der Waals surface area contributed by atoms with Crippen LogP contribution in [0.4, 0.5) is 0 Å². The van der Waals surface area contributed by atoms with Gasteiger partial charge in [0.2, 0.25) is 0 Å². The Hall–Kier alpha value is 0.180. The maximum atomic E-state index is 2.35. The van der Waals surface area contributed by atoms with Crippen molar-refractivity contribution in [2.24, 2.45) is 0 Å². The molecule has 0 N–H and O–H groups in total. The van der Waals surface area contributed by atoms with E-state index in [2.05, 4.69) is 32.3 Å². The fourth-order valence-corrected chi connectivity index (χ4v) is 3.07. The van der Waals surface area contributed by atoms with Crippen molar-refractivity contribution in [1.82, 2.24) is 0 Å². The first-order chi connectivity index (χ1) is 5.27. The molecule has 62 valence electrons. The molecule has 0 saturated heterocycles. The quantitative estimate of drug-likeness (QED) is 0.645. The zero-order valence-electron chi connectivity index (χ0n) is 7.26. The molecule has 2 heteroatoms. The molecule has 1 rings (SSSR count). The summed E-state index contributed by atoms with van der Waals surface area (Å²) in [6, 6.07) is 0. The highest BCUT2D eigenvalue weighted by molar-refractivity contribution is 8.08. The Balaban J connectivity index is 2.61. The molecular formula is C9H14S2. The highest BCUT2D eigenvalue weighted by Gasteiger charge is 2.14. The summed E-state index contributed by atoms with van der Waals surface area (Å²) in [5.41, 5.74) is 0. The molecule has 0 amide bonds. The monoisotopic (exact) mass is 186 g/mol. The van der Waals surface area contributed by atoms with Crippen molar-refractivity contribution in [3.05, 3.63) is 22.0 Å². The van der Waals surface area contributed by atoms with E-state index in [9.17, 15) is 0 Å². The van der Waals surface area contributed by atoms with Crippen molar-refractivity contribution >= 4 is 23.5 Å². The highest BCUT2D eigenvalue weighted by atomic mass is 32.2. The van der Waals surface area contributed by atoms with Crippen LogP contribution in [0, 0.1) is 0 Å². The number of thioether (sulfide) groups is 2. The van der Waals surface area contributed by atoms with E-state index in [0.717, 1.165) is 5.25 Å². The molecular weight excluding hydrogens is 172 g/mol. The Morgan fingerprint density at radius 3 is 2.91 bits per heavy atom. The van der Waals surface area contributed by atoms with Crippen LogP contribution in [0.5, 0.6) is 0 Å². The van der Waals surface area contributed by atoms with Gasteiger partial charge in [-0.1, -0.05) is 19.1 Å². The molecule has 0 aliphatic carbocycles. The molecule has 11 heavy (non-hydrogen) atoms. The summed E-state index contributed by atoms with van der Waals surface area (Å²) in [6.45, 7) is 4.39. The first kappa shape index (κ1) is 9.27. The first-order valence-corrected chi connectivity index (χ1v) is 5.96. The highest BCUT2D eigenvalue weighted by Crippen LogP contribution is 2.39. The smallest absolute Gasteiger partial charge is 0.0168 e. The molecule has 0 aromatic carbocycles. The molecule has 1 heterocycles. The predicted octanol–water partition coefficient (Wildman–Crippen LogP) is 3.66. The third kappa shape index (κ3) is 2.31. The molecule has 1 aliphatic heterocycles. The van der Waals surface area contributed by atoms with Crippen molar-refractivity contribution in [3.8, 4) is 0 Å². The minimum atomic E-state index is 0.784. The molecule has 0 saturated carbocycles. The predicted molar refractivity (Wildman–Crippen MR) is 57.0 cm³/mol. The lowest BCUT2D eigenvalue weighted by Gasteiger charge is -2.04. The van der Waals surface area contributed by atoms with Crippen LogP contribution in [0.15, 0.2) is 22.0 Å². The van der Waals surface area contributed by atoms with Gasteiger partial charge in [-0.05, 0) is 19.6 Å². The summed E-state index contributed by atoms with van der Waals surface area (Å²) in [6.07, 6.45) is 7.92. The SMILES string of the molecule is C/C=C(\SC)C1=CCC(C)S1. The summed E-state index contributed by atoms with van der Waals surface area (Å²) in [5, 5.41) is 0.784. The van der Waals surface area contributed by atoms with Crippen LogP contribution >= 0.6 is 23.5 Å². The number of allylic oxidation sites excluding steroid dienone is 2. The van der Waals surface area contributed by atoms with Crippen LogP contribution in [-0.4, -0.2) is 11.5 Å². The van der Waals surface area contributed by atoms with Gasteiger partial charge < -0.3 is 0 Å². The van der Waals surface area contributed by atoms with Gasteiger partial charge in [-0.3, -0.25) is 0 Å². The van der Waals surface area contributed by atoms with E-state index in [4.69, 9.17) is 0 Å². The Bertz CT molecular complexity index is 192. The fourth-order valence-electron chi connectivity index (χ4n) is 1.11. The van der Waals surface area contributed by atoms with Gasteiger partial charge >= 0.3 is 0 Å². The maximum Gasteiger partial charge on any atom is 0.0168 e. The summed E-state index contributed by atoms with van der Waals surface area (Å²) in [4.78, 5) is 2.91. The molecule has 0 bridgehead atoms. The zero-order chi connectivity index (χ0) is 8.27. The fraction of sp³-hybridized carbons (Fsp3) is 0.556. The summed E-state index contributed by atoms with van der Waals surface area (Å²) < 4.78 is 0. The second-order valence-electron chi connectivity index (χ2n) is 2.59. The summed E-state index contributed by atoms with van der Waals surface area (Å²) in [5.74, 6) is 0. The van der Waals surface area contributed by atoms with Crippen LogP contribution in [0.3, 0.4) is 0 Å². The van der Waals surface area contributed by atoms with Gasteiger partial charge in [-0.25, -0.2) is 0 Å².